The van der Waals surface area contributed by atoms with E-state index < -0.39 is 0 Å². The van der Waals surface area contributed by atoms with Crippen molar-refractivity contribution in [1.82, 2.24) is 0 Å². The Morgan fingerprint density at radius 1 is 1.18 bits per heavy atom. The van der Waals surface area contributed by atoms with Crippen LogP contribution in [0.25, 0.3) is 0 Å². The summed E-state index contributed by atoms with van der Waals surface area (Å²) in [6.45, 7) is 5.70. The van der Waals surface area contributed by atoms with Crippen LogP contribution in [0.2, 0.25) is 0 Å². The van der Waals surface area contributed by atoms with E-state index in [1.807, 2.05) is 36.9 Å². The van der Waals surface area contributed by atoms with E-state index in [0.29, 0.717) is 44.1 Å². The molecule has 0 spiro atoms. The van der Waals surface area contributed by atoms with Crippen molar-refractivity contribution in [2.24, 2.45) is 10.7 Å². The molecule has 0 saturated carbocycles. The standard InChI is InChI=1S/C21H27FN4O.HI/c1-14-9-15(2)11-17(10-14)25-21(23)24-13-16-3-4-20(19(22)12-16)26-7-5-18(27)6-8-26;/h3-4,9-12,18,27H,5-8,13H2,1-2H3,(H3,23,24,25);1H. The number of nitrogens with one attached hydrogen (secondary N) is 1. The van der Waals surface area contributed by atoms with Crippen LogP contribution in [0, 0.1) is 19.7 Å². The highest BCUT2D eigenvalue weighted by Crippen LogP contribution is 2.24. The number of piperidine rings is 1. The van der Waals surface area contributed by atoms with Crippen LogP contribution < -0.4 is 16.0 Å². The molecule has 1 fully saturated rings. The Morgan fingerprint density at radius 3 is 2.43 bits per heavy atom. The average molecular weight is 498 g/mol. The topological polar surface area (TPSA) is 73.9 Å². The molecule has 0 bridgehead atoms. The monoisotopic (exact) mass is 498 g/mol. The minimum absolute atomic E-state index is 0. The minimum atomic E-state index is -0.273. The molecule has 4 N–H and O–H groups in total. The number of halogens is 2. The number of aliphatic hydroxyl groups excluding tert-OH is 1. The first kappa shape index (κ1) is 22.4. The molecule has 3 rings (SSSR count). The second-order valence-corrected chi connectivity index (χ2v) is 7.21. The minimum Gasteiger partial charge on any atom is -0.393 e. The van der Waals surface area contributed by atoms with E-state index in [9.17, 15) is 9.50 Å². The van der Waals surface area contributed by atoms with Crippen molar-refractivity contribution in [3.05, 3.63) is 58.9 Å². The molecule has 1 heterocycles. The largest absolute Gasteiger partial charge is 0.393 e. The van der Waals surface area contributed by atoms with E-state index >= 15 is 0 Å². The summed E-state index contributed by atoms with van der Waals surface area (Å²) in [5, 5.41) is 12.7. The number of anilines is 2. The molecule has 5 nitrogen and oxygen atoms in total. The molecule has 7 heteroatoms. The Kier molecular flexibility index (Phi) is 8.06. The van der Waals surface area contributed by atoms with Gasteiger partial charge in [-0.25, -0.2) is 9.38 Å². The molecule has 0 radical (unpaired) electrons. The van der Waals surface area contributed by atoms with E-state index in [1.54, 1.807) is 6.07 Å². The van der Waals surface area contributed by atoms with Crippen LogP contribution in [-0.4, -0.2) is 30.3 Å². The van der Waals surface area contributed by atoms with Crippen molar-refractivity contribution in [3.8, 4) is 0 Å². The summed E-state index contributed by atoms with van der Waals surface area (Å²) in [5.41, 5.74) is 10.5. The first-order chi connectivity index (χ1) is 12.9. The maximum absolute atomic E-state index is 14.5. The van der Waals surface area contributed by atoms with Gasteiger partial charge in [0, 0.05) is 18.8 Å². The highest BCUT2D eigenvalue weighted by molar-refractivity contribution is 14.0. The van der Waals surface area contributed by atoms with Gasteiger partial charge in [0.1, 0.15) is 5.82 Å². The van der Waals surface area contributed by atoms with Gasteiger partial charge in [0.25, 0.3) is 0 Å². The Balaban J connectivity index is 0.00000280. The summed E-state index contributed by atoms with van der Waals surface area (Å²) in [4.78, 5) is 6.29. The summed E-state index contributed by atoms with van der Waals surface area (Å²) >= 11 is 0. The van der Waals surface area contributed by atoms with Gasteiger partial charge < -0.3 is 21.1 Å². The number of nitrogens with zero attached hydrogens (tertiary/aromatic N) is 2. The summed E-state index contributed by atoms with van der Waals surface area (Å²) < 4.78 is 14.5. The fraction of sp³-hybridized carbons (Fsp3) is 0.381. The second kappa shape index (κ2) is 10.1. The van der Waals surface area contributed by atoms with Gasteiger partial charge in [-0.15, -0.1) is 24.0 Å². The van der Waals surface area contributed by atoms with Crippen LogP contribution in [0.5, 0.6) is 0 Å². The van der Waals surface area contributed by atoms with Crippen molar-refractivity contribution in [2.75, 3.05) is 23.3 Å². The number of rotatable bonds is 4. The Labute approximate surface area is 182 Å². The molecule has 2 aromatic rings. The molecule has 0 atom stereocenters. The van der Waals surface area contributed by atoms with Gasteiger partial charge in [0.2, 0.25) is 0 Å². The first-order valence-corrected chi connectivity index (χ1v) is 9.27. The third kappa shape index (κ3) is 6.07. The molecule has 1 saturated heterocycles. The van der Waals surface area contributed by atoms with E-state index in [-0.39, 0.29) is 35.9 Å². The highest BCUT2D eigenvalue weighted by atomic mass is 127. The van der Waals surface area contributed by atoms with Crippen molar-refractivity contribution in [1.29, 1.82) is 0 Å². The molecule has 28 heavy (non-hydrogen) atoms. The van der Waals surface area contributed by atoms with Gasteiger partial charge in [-0.05, 0) is 67.6 Å². The third-order valence-corrected chi connectivity index (χ3v) is 4.74. The molecule has 1 aliphatic rings. The lowest BCUT2D eigenvalue weighted by Crippen LogP contribution is -2.36. The zero-order valence-electron chi connectivity index (χ0n) is 16.3. The zero-order chi connectivity index (χ0) is 19.4. The summed E-state index contributed by atoms with van der Waals surface area (Å²) in [6, 6.07) is 11.3. The van der Waals surface area contributed by atoms with Gasteiger partial charge in [-0.1, -0.05) is 12.1 Å². The average Bonchev–Trinajstić information content (AvgIpc) is 2.60. The molecular weight excluding hydrogens is 470 g/mol. The van der Waals surface area contributed by atoms with Gasteiger partial charge in [-0.3, -0.25) is 0 Å². The van der Waals surface area contributed by atoms with E-state index in [2.05, 4.69) is 16.4 Å². The lowest BCUT2D eigenvalue weighted by Gasteiger charge is -2.31. The number of hydrogen-bond donors (Lipinski definition) is 3. The van der Waals surface area contributed by atoms with Crippen LogP contribution >= 0.6 is 24.0 Å². The fourth-order valence-electron chi connectivity index (χ4n) is 3.42. The third-order valence-electron chi connectivity index (χ3n) is 4.74. The van der Waals surface area contributed by atoms with Crippen molar-refractivity contribution < 1.29 is 9.50 Å². The lowest BCUT2D eigenvalue weighted by atomic mass is 10.1. The number of hydrogen-bond acceptors (Lipinski definition) is 3. The van der Waals surface area contributed by atoms with Crippen LogP contribution in [-0.2, 0) is 6.54 Å². The molecule has 0 aliphatic carbocycles. The Hall–Kier alpha value is -1.87. The van der Waals surface area contributed by atoms with Crippen molar-refractivity contribution >= 4 is 41.3 Å². The van der Waals surface area contributed by atoms with Gasteiger partial charge in [0.05, 0.1) is 18.3 Å². The number of aliphatic hydroxyl groups is 1. The van der Waals surface area contributed by atoms with Crippen LogP contribution in [0.15, 0.2) is 41.4 Å². The quantitative estimate of drug-likeness (QED) is 0.339. The molecule has 0 aromatic heterocycles. The van der Waals surface area contributed by atoms with Crippen LogP contribution in [0.3, 0.4) is 0 Å². The highest BCUT2D eigenvalue weighted by Gasteiger charge is 2.19. The van der Waals surface area contributed by atoms with E-state index in [4.69, 9.17) is 5.73 Å². The van der Waals surface area contributed by atoms with E-state index in [0.717, 1.165) is 22.4 Å². The maximum atomic E-state index is 14.5. The number of nitrogens with two attached hydrogens (primary N) is 1. The number of aryl methyl sites for hydroxylation is 2. The normalized spacial score (nSPS) is 15.3. The summed E-state index contributed by atoms with van der Waals surface area (Å²) in [7, 11) is 0. The van der Waals surface area contributed by atoms with Crippen molar-refractivity contribution in [3.63, 3.8) is 0 Å². The molecule has 0 amide bonds. The van der Waals surface area contributed by atoms with E-state index in [1.165, 1.54) is 6.07 Å². The van der Waals surface area contributed by atoms with Crippen LogP contribution in [0.4, 0.5) is 15.8 Å². The van der Waals surface area contributed by atoms with Crippen molar-refractivity contribution in [2.45, 2.75) is 39.3 Å². The molecule has 152 valence electrons. The smallest absolute Gasteiger partial charge is 0.193 e. The van der Waals surface area contributed by atoms with Gasteiger partial charge in [0.15, 0.2) is 5.96 Å². The fourth-order valence-corrected chi connectivity index (χ4v) is 3.42. The Morgan fingerprint density at radius 2 is 1.82 bits per heavy atom. The lowest BCUT2D eigenvalue weighted by molar-refractivity contribution is 0.145. The van der Waals surface area contributed by atoms with Gasteiger partial charge >= 0.3 is 0 Å². The molecule has 0 unspecified atom stereocenters. The molecular formula is C21H28FIN4O. The number of aliphatic imine (C=N–C) groups is 1. The predicted octanol–water partition coefficient (Wildman–Crippen LogP) is 3.95. The maximum Gasteiger partial charge on any atom is 0.193 e. The summed E-state index contributed by atoms with van der Waals surface area (Å²) in [6.07, 6.45) is 1.07. The SMILES string of the molecule is Cc1cc(C)cc(NC(N)=NCc2ccc(N3CCC(O)CC3)c(F)c2)c1.I. The number of guanidine groups is 1. The zero-order valence-corrected chi connectivity index (χ0v) is 18.6. The Bertz CT molecular complexity index is 815. The second-order valence-electron chi connectivity index (χ2n) is 7.21. The van der Waals surface area contributed by atoms with Crippen LogP contribution in [0.1, 0.15) is 29.5 Å². The predicted molar refractivity (Wildman–Crippen MR) is 124 cm³/mol. The summed E-state index contributed by atoms with van der Waals surface area (Å²) in [5.74, 6) is 0.0365. The van der Waals surface area contributed by atoms with Gasteiger partial charge in [-0.2, -0.15) is 0 Å². The molecule has 2 aromatic carbocycles. The number of benzene rings is 2. The molecule has 1 aliphatic heterocycles. The first-order valence-electron chi connectivity index (χ1n) is 9.27.